The van der Waals surface area contributed by atoms with Crippen molar-refractivity contribution in [1.82, 2.24) is 4.98 Å². The number of carbonyl (C=O) groups is 1. The molecular weight excluding hydrogens is 142 g/mol. The molecule has 0 radical (unpaired) electrons. The highest BCUT2D eigenvalue weighted by atomic mass is 16.4. The van der Waals surface area contributed by atoms with Crippen LogP contribution in [0.4, 0.5) is 0 Å². The number of carboxylic acids is 1. The summed E-state index contributed by atoms with van der Waals surface area (Å²) in [4.78, 5) is 14.2. The molecule has 1 rings (SSSR count). The van der Waals surface area contributed by atoms with Crippen LogP contribution in [0.1, 0.15) is 21.6 Å². The Morgan fingerprint density at radius 3 is 2.64 bits per heavy atom. The normalized spacial score (nSPS) is 9.64. The lowest BCUT2D eigenvalue weighted by atomic mass is 10.2. The Morgan fingerprint density at radius 1 is 1.55 bits per heavy atom. The molecule has 0 saturated carbocycles. The summed E-state index contributed by atoms with van der Waals surface area (Å²) in [5.41, 5.74) is 1.84. The molecule has 1 aromatic heterocycles. The van der Waals surface area contributed by atoms with Gasteiger partial charge in [-0.2, -0.15) is 0 Å². The molecular formula is C8H8NO2-. The topological polar surface area (TPSA) is 53.0 Å². The van der Waals surface area contributed by atoms with Crippen LogP contribution in [0.2, 0.25) is 0 Å². The molecule has 0 spiro atoms. The van der Waals surface area contributed by atoms with Gasteiger partial charge < -0.3 is 9.90 Å². The van der Waals surface area contributed by atoms with Gasteiger partial charge in [-0.15, -0.1) is 0 Å². The Morgan fingerprint density at radius 2 is 2.18 bits per heavy atom. The zero-order valence-corrected chi connectivity index (χ0v) is 6.42. The Hall–Kier alpha value is -1.38. The fourth-order valence-electron chi connectivity index (χ4n) is 0.755. The van der Waals surface area contributed by atoms with Crippen molar-refractivity contribution < 1.29 is 9.90 Å². The highest BCUT2D eigenvalue weighted by Crippen LogP contribution is 2.04. The Labute approximate surface area is 64.7 Å². The van der Waals surface area contributed by atoms with E-state index in [1.165, 1.54) is 6.20 Å². The van der Waals surface area contributed by atoms with Crippen molar-refractivity contribution in [3.63, 3.8) is 0 Å². The molecule has 0 aliphatic rings. The van der Waals surface area contributed by atoms with E-state index in [-0.39, 0.29) is 5.56 Å². The van der Waals surface area contributed by atoms with E-state index < -0.39 is 5.97 Å². The van der Waals surface area contributed by atoms with E-state index in [2.05, 4.69) is 4.98 Å². The third-order valence-electron chi connectivity index (χ3n) is 1.58. The predicted molar refractivity (Wildman–Crippen MR) is 38.0 cm³/mol. The van der Waals surface area contributed by atoms with Gasteiger partial charge in [-0.3, -0.25) is 4.98 Å². The van der Waals surface area contributed by atoms with Crippen LogP contribution in [-0.4, -0.2) is 11.0 Å². The average Bonchev–Trinajstić information content (AvgIpc) is 1.94. The molecule has 0 bridgehead atoms. The first-order chi connectivity index (χ1) is 5.11. The monoisotopic (exact) mass is 150 g/mol. The van der Waals surface area contributed by atoms with Crippen molar-refractivity contribution in [2.45, 2.75) is 13.8 Å². The molecule has 11 heavy (non-hydrogen) atoms. The van der Waals surface area contributed by atoms with Crippen LogP contribution < -0.4 is 5.11 Å². The molecule has 1 aromatic rings. The lowest BCUT2D eigenvalue weighted by Crippen LogP contribution is -2.22. The van der Waals surface area contributed by atoms with Gasteiger partial charge >= 0.3 is 0 Å². The Bertz CT molecular complexity index is 294. The zero-order valence-electron chi connectivity index (χ0n) is 6.42. The summed E-state index contributed by atoms with van der Waals surface area (Å²) in [6, 6.07) is 1.55. The quantitative estimate of drug-likeness (QED) is 0.569. The van der Waals surface area contributed by atoms with Crippen molar-refractivity contribution in [2.75, 3.05) is 0 Å². The maximum absolute atomic E-state index is 10.3. The summed E-state index contributed by atoms with van der Waals surface area (Å²) >= 11 is 0. The number of pyridine rings is 1. The van der Waals surface area contributed by atoms with Gasteiger partial charge in [0.25, 0.3) is 0 Å². The molecule has 0 aliphatic heterocycles. The summed E-state index contributed by atoms with van der Waals surface area (Å²) in [7, 11) is 0. The summed E-state index contributed by atoms with van der Waals surface area (Å²) in [6.07, 6.45) is 1.30. The van der Waals surface area contributed by atoms with Crippen molar-refractivity contribution in [3.8, 4) is 0 Å². The fraction of sp³-hybridized carbons (Fsp3) is 0.250. The van der Waals surface area contributed by atoms with Crippen LogP contribution in [0.25, 0.3) is 0 Å². The van der Waals surface area contributed by atoms with Crippen LogP contribution in [0.3, 0.4) is 0 Å². The maximum Gasteiger partial charge on any atom is 0.0730 e. The number of aryl methyl sites for hydroxylation is 2. The third-order valence-corrected chi connectivity index (χ3v) is 1.58. The summed E-state index contributed by atoms with van der Waals surface area (Å²) in [6.45, 7) is 3.64. The maximum atomic E-state index is 10.3. The number of hydrogen-bond acceptors (Lipinski definition) is 3. The van der Waals surface area contributed by atoms with Crippen molar-refractivity contribution in [3.05, 3.63) is 29.1 Å². The largest absolute Gasteiger partial charge is 0.545 e. The molecule has 3 heteroatoms. The van der Waals surface area contributed by atoms with Gasteiger partial charge in [0.05, 0.1) is 5.97 Å². The smallest absolute Gasteiger partial charge is 0.0730 e. The molecule has 0 fully saturated rings. The highest BCUT2D eigenvalue weighted by Gasteiger charge is 1.96. The molecule has 0 amide bonds. The number of carboxylic acid groups (broad SMARTS) is 1. The van der Waals surface area contributed by atoms with Crippen molar-refractivity contribution >= 4 is 5.97 Å². The summed E-state index contributed by atoms with van der Waals surface area (Å²) in [5, 5.41) is 10.3. The zero-order chi connectivity index (χ0) is 8.43. The second-order valence-corrected chi connectivity index (χ2v) is 2.41. The number of aromatic carboxylic acids is 1. The Balaban J connectivity index is 3.15. The van der Waals surface area contributed by atoms with Crippen LogP contribution in [-0.2, 0) is 0 Å². The molecule has 0 aliphatic carbocycles. The van der Waals surface area contributed by atoms with Gasteiger partial charge in [0.2, 0.25) is 0 Å². The lowest BCUT2D eigenvalue weighted by Gasteiger charge is -2.03. The molecule has 0 aromatic carbocycles. The van der Waals surface area contributed by atoms with Crippen LogP contribution in [0.5, 0.6) is 0 Å². The lowest BCUT2D eigenvalue weighted by molar-refractivity contribution is -0.255. The molecule has 0 unspecified atom stereocenters. The first-order valence-electron chi connectivity index (χ1n) is 3.26. The number of nitrogens with zero attached hydrogens (tertiary/aromatic N) is 1. The van der Waals surface area contributed by atoms with Crippen LogP contribution >= 0.6 is 0 Å². The minimum Gasteiger partial charge on any atom is -0.545 e. The number of carbonyl (C=O) groups excluding carboxylic acids is 1. The number of rotatable bonds is 1. The molecule has 0 N–H and O–H groups in total. The highest BCUT2D eigenvalue weighted by molar-refractivity contribution is 5.85. The van der Waals surface area contributed by atoms with E-state index in [1.807, 2.05) is 13.8 Å². The summed E-state index contributed by atoms with van der Waals surface area (Å²) in [5.74, 6) is -1.18. The minimum absolute atomic E-state index is 0.133. The number of aromatic nitrogens is 1. The number of hydrogen-bond donors (Lipinski definition) is 0. The fourth-order valence-corrected chi connectivity index (χ4v) is 0.755. The van der Waals surface area contributed by atoms with E-state index in [1.54, 1.807) is 6.07 Å². The second-order valence-electron chi connectivity index (χ2n) is 2.41. The predicted octanol–water partition coefficient (Wildman–Crippen LogP) is 0.0619. The minimum atomic E-state index is -1.18. The van der Waals surface area contributed by atoms with E-state index in [0.29, 0.717) is 0 Å². The first-order valence-corrected chi connectivity index (χ1v) is 3.26. The summed E-state index contributed by atoms with van der Waals surface area (Å²) < 4.78 is 0. The van der Waals surface area contributed by atoms with Crippen LogP contribution in [0, 0.1) is 13.8 Å². The Kier molecular flexibility index (Phi) is 1.89. The standard InChI is InChI=1S/C8H9NO2/c1-5-3-7(8(10)11)4-9-6(5)2/h3-4H,1-2H3,(H,10,11)/p-1. The molecule has 58 valence electrons. The molecule has 1 heterocycles. The van der Waals surface area contributed by atoms with Gasteiger partial charge in [-0.1, -0.05) is 0 Å². The first kappa shape index (κ1) is 7.72. The van der Waals surface area contributed by atoms with E-state index in [9.17, 15) is 9.90 Å². The van der Waals surface area contributed by atoms with Gasteiger partial charge in [0.1, 0.15) is 0 Å². The molecule has 3 nitrogen and oxygen atoms in total. The van der Waals surface area contributed by atoms with E-state index in [4.69, 9.17) is 0 Å². The SMILES string of the molecule is Cc1cc(C(=O)[O-])cnc1C. The van der Waals surface area contributed by atoms with Gasteiger partial charge in [-0.25, -0.2) is 0 Å². The average molecular weight is 150 g/mol. The second kappa shape index (κ2) is 2.70. The van der Waals surface area contributed by atoms with E-state index >= 15 is 0 Å². The van der Waals surface area contributed by atoms with Crippen molar-refractivity contribution in [1.29, 1.82) is 0 Å². The van der Waals surface area contributed by atoms with E-state index in [0.717, 1.165) is 11.3 Å². The molecule has 0 saturated heterocycles. The molecule has 0 atom stereocenters. The van der Waals surface area contributed by atoms with Crippen molar-refractivity contribution in [2.24, 2.45) is 0 Å². The van der Waals surface area contributed by atoms with Gasteiger partial charge in [0, 0.05) is 17.5 Å². The van der Waals surface area contributed by atoms with Gasteiger partial charge in [-0.05, 0) is 25.5 Å². The third kappa shape index (κ3) is 1.55. The van der Waals surface area contributed by atoms with Crippen LogP contribution in [0.15, 0.2) is 12.3 Å². The van der Waals surface area contributed by atoms with Gasteiger partial charge in [0.15, 0.2) is 0 Å².